The van der Waals surface area contributed by atoms with Crippen LogP contribution >= 0.6 is 45.2 Å². The van der Waals surface area contributed by atoms with Gasteiger partial charge in [0.25, 0.3) is 0 Å². The van der Waals surface area contributed by atoms with E-state index in [0.29, 0.717) is 12.1 Å². The Hall–Kier alpha value is -0.280. The van der Waals surface area contributed by atoms with Crippen LogP contribution in [0.25, 0.3) is 0 Å². The van der Waals surface area contributed by atoms with Gasteiger partial charge in [-0.25, -0.2) is 0 Å². The fourth-order valence-electron chi connectivity index (χ4n) is 4.56. The molecule has 2 aromatic heterocycles. The van der Waals surface area contributed by atoms with Crippen LogP contribution in [0.2, 0.25) is 0 Å². The lowest BCUT2D eigenvalue weighted by Gasteiger charge is -2.43. The van der Waals surface area contributed by atoms with Gasteiger partial charge >= 0.3 is 0 Å². The van der Waals surface area contributed by atoms with Gasteiger partial charge in [0.05, 0.1) is 57.5 Å². The van der Waals surface area contributed by atoms with E-state index in [0.717, 1.165) is 57.8 Å². The summed E-state index contributed by atoms with van der Waals surface area (Å²) in [5, 5.41) is 8.87. The molecule has 30 heavy (non-hydrogen) atoms. The standard InChI is InChI=1S/2C10H13IN2O2/c1-7-9(11)6-13(12-7)8-4-10(5-8)14-2-3-15-10;1-7-9(11)6-12-13(7)8-4-10(5-8)14-2-3-15-10/h2*6,8H,2-5H2,1H3. The molecule has 2 saturated heterocycles. The third kappa shape index (κ3) is 3.96. The van der Waals surface area contributed by atoms with Crippen LogP contribution in [0.1, 0.15) is 49.2 Å². The third-order valence-electron chi connectivity index (χ3n) is 6.38. The molecule has 6 rings (SSSR count). The van der Waals surface area contributed by atoms with Crippen LogP contribution in [-0.4, -0.2) is 57.6 Å². The van der Waals surface area contributed by atoms with Crippen LogP contribution in [0.4, 0.5) is 0 Å². The predicted molar refractivity (Wildman–Crippen MR) is 125 cm³/mol. The maximum atomic E-state index is 5.61. The molecule has 0 aromatic carbocycles. The van der Waals surface area contributed by atoms with Gasteiger partial charge in [0, 0.05) is 37.6 Å². The van der Waals surface area contributed by atoms with Gasteiger partial charge in [0.15, 0.2) is 11.6 Å². The first kappa shape index (κ1) is 21.6. The maximum absolute atomic E-state index is 5.61. The molecule has 0 N–H and O–H groups in total. The average Bonchev–Trinajstić information content (AvgIpc) is 3.43. The normalized spacial score (nSPS) is 26.5. The minimum Gasteiger partial charge on any atom is -0.347 e. The second kappa shape index (κ2) is 8.25. The van der Waals surface area contributed by atoms with Crippen LogP contribution in [-0.2, 0) is 18.9 Å². The maximum Gasteiger partial charge on any atom is 0.172 e. The molecule has 4 fully saturated rings. The Labute approximate surface area is 203 Å². The van der Waals surface area contributed by atoms with Crippen molar-refractivity contribution < 1.29 is 18.9 Å². The highest BCUT2D eigenvalue weighted by Crippen LogP contribution is 2.48. The number of halogens is 2. The van der Waals surface area contributed by atoms with E-state index < -0.39 is 0 Å². The quantitative estimate of drug-likeness (QED) is 0.467. The van der Waals surface area contributed by atoms with Crippen LogP contribution in [0.3, 0.4) is 0 Å². The number of ether oxygens (including phenoxy) is 4. The molecular weight excluding hydrogens is 614 g/mol. The molecule has 2 spiro atoms. The van der Waals surface area contributed by atoms with Gasteiger partial charge in [-0.15, -0.1) is 0 Å². The second-order valence-electron chi connectivity index (χ2n) is 8.40. The van der Waals surface area contributed by atoms with E-state index in [1.165, 1.54) is 12.8 Å². The van der Waals surface area contributed by atoms with Crippen molar-refractivity contribution in [2.45, 2.75) is 63.2 Å². The molecule has 10 heteroatoms. The van der Waals surface area contributed by atoms with Crippen LogP contribution in [0, 0.1) is 21.0 Å². The molecular formula is C20H26I2N4O4. The van der Waals surface area contributed by atoms with E-state index in [-0.39, 0.29) is 11.6 Å². The Bertz CT molecular complexity index is 883. The SMILES string of the molecule is Cc1c(I)cnn1C1CC2(C1)OCCO2.Cc1nn(C2CC3(C2)OCCO3)cc1I. The topological polar surface area (TPSA) is 72.6 Å². The molecule has 4 heterocycles. The van der Waals surface area contributed by atoms with Crippen molar-refractivity contribution in [2.75, 3.05) is 26.4 Å². The first-order valence-electron chi connectivity index (χ1n) is 10.4. The van der Waals surface area contributed by atoms with E-state index in [1.807, 2.05) is 17.8 Å². The van der Waals surface area contributed by atoms with Gasteiger partial charge in [0.2, 0.25) is 0 Å². The van der Waals surface area contributed by atoms with Gasteiger partial charge < -0.3 is 18.9 Å². The fourth-order valence-corrected chi connectivity index (χ4v) is 5.32. The van der Waals surface area contributed by atoms with E-state index in [2.05, 4.69) is 73.2 Å². The number of nitrogens with zero attached hydrogens (tertiary/aromatic N) is 4. The summed E-state index contributed by atoms with van der Waals surface area (Å²) in [4.78, 5) is 0. The molecule has 164 valence electrons. The highest BCUT2D eigenvalue weighted by molar-refractivity contribution is 14.1. The number of aromatic nitrogens is 4. The Morgan fingerprint density at radius 2 is 1.40 bits per heavy atom. The summed E-state index contributed by atoms with van der Waals surface area (Å²) < 4.78 is 29.0. The number of hydrogen-bond donors (Lipinski definition) is 0. The Balaban J connectivity index is 0.000000128. The van der Waals surface area contributed by atoms with Gasteiger partial charge in [0.1, 0.15) is 0 Å². The zero-order valence-corrected chi connectivity index (χ0v) is 21.5. The highest BCUT2D eigenvalue weighted by Gasteiger charge is 2.51. The van der Waals surface area contributed by atoms with E-state index in [4.69, 9.17) is 18.9 Å². The summed E-state index contributed by atoms with van der Waals surface area (Å²) in [5.74, 6) is -0.537. The Morgan fingerprint density at radius 3 is 1.83 bits per heavy atom. The third-order valence-corrected chi connectivity index (χ3v) is 8.49. The van der Waals surface area contributed by atoms with Crippen LogP contribution in [0.15, 0.2) is 12.4 Å². The molecule has 4 aliphatic rings. The molecule has 2 aliphatic carbocycles. The van der Waals surface area contributed by atoms with Crippen molar-refractivity contribution >= 4 is 45.2 Å². The zero-order chi connectivity index (χ0) is 20.9. The smallest absolute Gasteiger partial charge is 0.172 e. The van der Waals surface area contributed by atoms with E-state index in [1.54, 1.807) is 0 Å². The van der Waals surface area contributed by atoms with Gasteiger partial charge in [-0.3, -0.25) is 9.36 Å². The summed E-state index contributed by atoms with van der Waals surface area (Å²) in [6.45, 7) is 7.10. The van der Waals surface area contributed by atoms with E-state index >= 15 is 0 Å². The lowest BCUT2D eigenvalue weighted by atomic mass is 9.85. The fraction of sp³-hybridized carbons (Fsp3) is 0.700. The zero-order valence-electron chi connectivity index (χ0n) is 17.1. The monoisotopic (exact) mass is 640 g/mol. The summed E-state index contributed by atoms with van der Waals surface area (Å²) in [5.41, 5.74) is 2.35. The molecule has 0 atom stereocenters. The van der Waals surface area contributed by atoms with Crippen molar-refractivity contribution in [3.05, 3.63) is 30.9 Å². The molecule has 2 aromatic rings. The lowest BCUT2D eigenvalue weighted by Crippen LogP contribution is -2.46. The van der Waals surface area contributed by atoms with Crippen LogP contribution < -0.4 is 0 Å². The number of rotatable bonds is 2. The summed E-state index contributed by atoms with van der Waals surface area (Å²) >= 11 is 4.63. The number of aryl methyl sites for hydroxylation is 1. The minimum atomic E-state index is -0.269. The van der Waals surface area contributed by atoms with Crippen LogP contribution in [0.5, 0.6) is 0 Å². The van der Waals surface area contributed by atoms with Crippen molar-refractivity contribution in [3.8, 4) is 0 Å². The largest absolute Gasteiger partial charge is 0.347 e. The second-order valence-corrected chi connectivity index (χ2v) is 10.7. The molecule has 0 unspecified atom stereocenters. The molecule has 0 radical (unpaired) electrons. The predicted octanol–water partition coefficient (Wildman–Crippen LogP) is 3.75. The molecule has 2 saturated carbocycles. The molecule has 0 amide bonds. The van der Waals surface area contributed by atoms with Crippen molar-refractivity contribution in [1.29, 1.82) is 0 Å². The minimum absolute atomic E-state index is 0.268. The summed E-state index contributed by atoms with van der Waals surface area (Å²) in [7, 11) is 0. The van der Waals surface area contributed by atoms with Crippen molar-refractivity contribution in [3.63, 3.8) is 0 Å². The van der Waals surface area contributed by atoms with E-state index in [9.17, 15) is 0 Å². The summed E-state index contributed by atoms with van der Waals surface area (Å²) in [6, 6.07) is 0.900. The van der Waals surface area contributed by atoms with Gasteiger partial charge in [-0.2, -0.15) is 10.2 Å². The Morgan fingerprint density at radius 1 is 0.867 bits per heavy atom. The summed E-state index contributed by atoms with van der Waals surface area (Å²) in [6.07, 6.45) is 7.76. The first-order valence-corrected chi connectivity index (χ1v) is 12.5. The van der Waals surface area contributed by atoms with Gasteiger partial charge in [-0.05, 0) is 59.0 Å². The first-order chi connectivity index (χ1) is 14.4. The van der Waals surface area contributed by atoms with Crippen molar-refractivity contribution in [2.24, 2.45) is 0 Å². The molecule has 2 aliphatic heterocycles. The van der Waals surface area contributed by atoms with Crippen molar-refractivity contribution in [1.82, 2.24) is 19.6 Å². The highest BCUT2D eigenvalue weighted by atomic mass is 127. The average molecular weight is 640 g/mol. The lowest BCUT2D eigenvalue weighted by molar-refractivity contribution is -0.227. The van der Waals surface area contributed by atoms with Gasteiger partial charge in [-0.1, -0.05) is 0 Å². The molecule has 8 nitrogen and oxygen atoms in total. The molecule has 0 bridgehead atoms. The number of hydrogen-bond acceptors (Lipinski definition) is 6. The Kier molecular flexibility index (Phi) is 5.93.